The Hall–Kier alpha value is -0.260. The maximum absolute atomic E-state index is 5.66. The van der Waals surface area contributed by atoms with Crippen molar-refractivity contribution in [2.45, 2.75) is 0 Å². The summed E-state index contributed by atoms with van der Waals surface area (Å²) in [6.45, 7) is 2.24. The summed E-state index contributed by atoms with van der Waals surface area (Å²) < 4.78 is 7.54. The van der Waals surface area contributed by atoms with E-state index in [-0.39, 0.29) is 12.4 Å². The number of aliphatic imine (C=N–C) groups is 1. The van der Waals surface area contributed by atoms with Gasteiger partial charge in [-0.3, -0.25) is 4.99 Å². The molecule has 1 N–H and O–H groups in total. The Kier molecular flexibility index (Phi) is 5.58. The minimum atomic E-state index is 0. The Bertz CT molecular complexity index is 378. The third-order valence-corrected chi connectivity index (χ3v) is 3.26. The van der Waals surface area contributed by atoms with Gasteiger partial charge in [-0.2, -0.15) is 0 Å². The molecule has 1 heterocycles. The first-order valence-electron chi connectivity index (χ1n) is 4.61. The van der Waals surface area contributed by atoms with Crippen LogP contribution in [0.1, 0.15) is 0 Å². The van der Waals surface area contributed by atoms with Gasteiger partial charge in [-0.05, 0) is 44.0 Å². The second-order valence-corrected chi connectivity index (χ2v) is 4.80. The van der Waals surface area contributed by atoms with Crippen molar-refractivity contribution in [1.82, 2.24) is 5.32 Å². The molecule has 0 aromatic heterocycles. The molecule has 0 fully saturated rings. The van der Waals surface area contributed by atoms with E-state index in [4.69, 9.17) is 4.74 Å². The summed E-state index contributed by atoms with van der Waals surface area (Å²) in [5, 5.41) is 3.16. The Labute approximate surface area is 117 Å². The molecule has 0 saturated heterocycles. The molecule has 1 aliphatic rings. The predicted molar refractivity (Wildman–Crippen MR) is 74.9 cm³/mol. The van der Waals surface area contributed by atoms with Crippen LogP contribution in [0.5, 0.6) is 5.75 Å². The summed E-state index contributed by atoms with van der Waals surface area (Å²) in [5.74, 6) is 1.73. The first-order valence-corrected chi connectivity index (χ1v) is 6.20. The molecule has 16 heavy (non-hydrogen) atoms. The van der Waals surface area contributed by atoms with Crippen molar-refractivity contribution >= 4 is 50.1 Å². The summed E-state index contributed by atoms with van der Waals surface area (Å²) in [6, 6.07) is 5.85. The molecule has 0 spiro atoms. The van der Waals surface area contributed by atoms with Gasteiger partial charge in [-0.1, -0.05) is 6.07 Å². The summed E-state index contributed by atoms with van der Waals surface area (Å²) >= 11 is 6.88. The summed E-state index contributed by atoms with van der Waals surface area (Å²) in [4.78, 5) is 4.26. The predicted octanol–water partition coefficient (Wildman–Crippen LogP) is 3.01. The summed E-state index contributed by atoms with van der Waals surface area (Å²) in [6.07, 6.45) is 0. The zero-order valence-electron chi connectivity index (χ0n) is 8.37. The fraction of sp³-hybridized carbons (Fsp3) is 0.300. The van der Waals surface area contributed by atoms with E-state index in [0.29, 0.717) is 6.61 Å². The lowest BCUT2D eigenvalue weighted by Gasteiger charge is -2.09. The lowest BCUT2D eigenvalue weighted by Crippen LogP contribution is -2.25. The van der Waals surface area contributed by atoms with Crippen molar-refractivity contribution in [3.8, 4) is 5.75 Å². The molecule has 0 unspecified atom stereocenters. The van der Waals surface area contributed by atoms with Crippen LogP contribution >= 0.6 is 44.3 Å². The third kappa shape index (κ3) is 3.37. The highest BCUT2D eigenvalue weighted by Crippen LogP contribution is 2.32. The van der Waals surface area contributed by atoms with Gasteiger partial charge in [0, 0.05) is 6.54 Å². The average Bonchev–Trinajstić information content (AvgIpc) is 2.70. The summed E-state index contributed by atoms with van der Waals surface area (Å²) in [7, 11) is 0. The Balaban J connectivity index is 0.00000128. The van der Waals surface area contributed by atoms with E-state index in [1.807, 2.05) is 18.2 Å². The highest BCUT2D eigenvalue weighted by atomic mass is 79.9. The normalized spacial score (nSPS) is 13.8. The van der Waals surface area contributed by atoms with Crippen LogP contribution in [0.3, 0.4) is 0 Å². The van der Waals surface area contributed by atoms with Crippen molar-refractivity contribution < 1.29 is 4.74 Å². The number of halogens is 3. The molecule has 88 valence electrons. The average molecular weight is 370 g/mol. The van der Waals surface area contributed by atoms with E-state index in [1.54, 1.807) is 0 Å². The Morgan fingerprint density at radius 2 is 2.00 bits per heavy atom. The van der Waals surface area contributed by atoms with Crippen LogP contribution in [0, 0.1) is 0 Å². The number of para-hydroxylation sites is 1. The van der Waals surface area contributed by atoms with Gasteiger partial charge in [-0.25, -0.2) is 0 Å². The molecule has 0 amide bonds. The first kappa shape index (κ1) is 13.8. The summed E-state index contributed by atoms with van der Waals surface area (Å²) in [5.41, 5.74) is 0. The number of ether oxygens (including phenoxy) is 1. The van der Waals surface area contributed by atoms with E-state index in [1.165, 1.54) is 0 Å². The van der Waals surface area contributed by atoms with Crippen molar-refractivity contribution in [2.24, 2.45) is 4.99 Å². The van der Waals surface area contributed by atoms with E-state index in [2.05, 4.69) is 42.2 Å². The topological polar surface area (TPSA) is 33.6 Å². The van der Waals surface area contributed by atoms with E-state index < -0.39 is 0 Å². The van der Waals surface area contributed by atoms with Gasteiger partial charge in [0.15, 0.2) is 0 Å². The standard InChI is InChI=1S/C10H10Br2N2O.ClH/c11-7-2-1-3-8(12)10(7)15-6-9-13-4-5-14-9;/h1-3H,4-6H2,(H,13,14);1H. The maximum atomic E-state index is 5.66. The molecular formula is C10H11Br2ClN2O. The monoisotopic (exact) mass is 368 g/mol. The van der Waals surface area contributed by atoms with Crippen molar-refractivity contribution in [3.63, 3.8) is 0 Å². The molecule has 6 heteroatoms. The molecule has 2 rings (SSSR count). The van der Waals surface area contributed by atoms with Crippen molar-refractivity contribution in [3.05, 3.63) is 27.1 Å². The van der Waals surface area contributed by atoms with Crippen LogP contribution < -0.4 is 10.1 Å². The van der Waals surface area contributed by atoms with Gasteiger partial charge in [0.05, 0.1) is 15.5 Å². The van der Waals surface area contributed by atoms with Crippen molar-refractivity contribution in [1.29, 1.82) is 0 Å². The van der Waals surface area contributed by atoms with Gasteiger partial charge < -0.3 is 10.1 Å². The second-order valence-electron chi connectivity index (χ2n) is 3.09. The fourth-order valence-corrected chi connectivity index (χ4v) is 2.53. The fourth-order valence-electron chi connectivity index (χ4n) is 1.30. The van der Waals surface area contributed by atoms with Crippen LogP contribution in [0.25, 0.3) is 0 Å². The minimum absolute atomic E-state index is 0. The SMILES string of the molecule is Brc1cccc(Br)c1OCC1=NCCN1.Cl. The third-order valence-electron chi connectivity index (χ3n) is 2.02. The molecule has 1 aromatic carbocycles. The quantitative estimate of drug-likeness (QED) is 0.887. The number of benzene rings is 1. The number of nitrogens with zero attached hydrogens (tertiary/aromatic N) is 1. The highest BCUT2D eigenvalue weighted by molar-refractivity contribution is 9.11. The van der Waals surface area contributed by atoms with Crippen LogP contribution in [-0.2, 0) is 0 Å². The lowest BCUT2D eigenvalue weighted by atomic mass is 10.3. The van der Waals surface area contributed by atoms with E-state index in [0.717, 1.165) is 33.6 Å². The van der Waals surface area contributed by atoms with Crippen LogP contribution in [-0.4, -0.2) is 25.5 Å². The van der Waals surface area contributed by atoms with Gasteiger partial charge in [0.2, 0.25) is 0 Å². The molecule has 0 atom stereocenters. The molecule has 0 saturated carbocycles. The number of amidine groups is 1. The number of nitrogens with one attached hydrogen (secondary N) is 1. The molecule has 1 aliphatic heterocycles. The first-order chi connectivity index (χ1) is 7.27. The number of hydrogen-bond donors (Lipinski definition) is 1. The molecule has 0 bridgehead atoms. The highest BCUT2D eigenvalue weighted by Gasteiger charge is 2.09. The maximum Gasteiger partial charge on any atom is 0.148 e. The van der Waals surface area contributed by atoms with Gasteiger partial charge in [-0.15, -0.1) is 12.4 Å². The lowest BCUT2D eigenvalue weighted by molar-refractivity contribution is 0.369. The Morgan fingerprint density at radius 1 is 1.31 bits per heavy atom. The van der Waals surface area contributed by atoms with Gasteiger partial charge in [0.25, 0.3) is 0 Å². The van der Waals surface area contributed by atoms with Crippen LogP contribution in [0.4, 0.5) is 0 Å². The zero-order chi connectivity index (χ0) is 10.7. The zero-order valence-corrected chi connectivity index (χ0v) is 12.4. The molecule has 0 radical (unpaired) electrons. The molecule has 0 aliphatic carbocycles. The van der Waals surface area contributed by atoms with E-state index >= 15 is 0 Å². The second kappa shape index (κ2) is 6.47. The van der Waals surface area contributed by atoms with Crippen molar-refractivity contribution in [2.75, 3.05) is 19.7 Å². The Morgan fingerprint density at radius 3 is 2.56 bits per heavy atom. The van der Waals surface area contributed by atoms with Crippen LogP contribution in [0.15, 0.2) is 32.1 Å². The largest absolute Gasteiger partial charge is 0.483 e. The molecule has 1 aromatic rings. The molecule has 3 nitrogen and oxygen atoms in total. The molecular weight excluding hydrogens is 359 g/mol. The van der Waals surface area contributed by atoms with E-state index in [9.17, 15) is 0 Å². The van der Waals surface area contributed by atoms with Gasteiger partial charge in [0.1, 0.15) is 18.2 Å². The van der Waals surface area contributed by atoms with Crippen LogP contribution in [0.2, 0.25) is 0 Å². The number of hydrogen-bond acceptors (Lipinski definition) is 3. The van der Waals surface area contributed by atoms with Gasteiger partial charge >= 0.3 is 0 Å². The number of rotatable bonds is 3. The smallest absolute Gasteiger partial charge is 0.148 e. The minimum Gasteiger partial charge on any atom is -0.483 e.